The van der Waals surface area contributed by atoms with Crippen LogP contribution in [0.2, 0.25) is 0 Å². The van der Waals surface area contributed by atoms with Gasteiger partial charge in [0, 0.05) is 74.4 Å². The van der Waals surface area contributed by atoms with Crippen molar-refractivity contribution >= 4 is 96.7 Å². The molecule has 0 saturated heterocycles. The number of nitrogens with zero attached hydrogens (tertiary/aromatic N) is 2. The van der Waals surface area contributed by atoms with E-state index in [0.29, 0.717) is 46.9 Å². The van der Waals surface area contributed by atoms with E-state index in [1.807, 2.05) is 92.7 Å². The van der Waals surface area contributed by atoms with E-state index in [2.05, 4.69) is 91.3 Å². The molecule has 0 fully saturated rings. The van der Waals surface area contributed by atoms with E-state index in [4.69, 9.17) is 32.9 Å². The van der Waals surface area contributed by atoms with E-state index in [9.17, 15) is 19.2 Å². The molecule has 3 aliphatic rings. The number of carbonyl (C=O) groups is 4. The molecule has 0 N–H and O–H groups in total. The number of ketones is 2. The monoisotopic (exact) mass is 1120 g/mol. The zero-order valence-corrected chi connectivity index (χ0v) is 43.5. The first-order valence-electron chi connectivity index (χ1n) is 22.6. The molecule has 3 atom stereocenters. The van der Waals surface area contributed by atoms with Crippen molar-refractivity contribution in [1.82, 2.24) is 0 Å². The van der Waals surface area contributed by atoms with Crippen LogP contribution in [0.4, 0.5) is 0 Å². The van der Waals surface area contributed by atoms with Crippen LogP contribution in [0, 0.1) is 19.8 Å². The van der Waals surface area contributed by atoms with Crippen molar-refractivity contribution in [3.8, 4) is 22.3 Å². The number of oxime groups is 2. The van der Waals surface area contributed by atoms with Crippen LogP contribution in [0.15, 0.2) is 137 Å². The predicted molar refractivity (Wildman–Crippen MR) is 284 cm³/mol. The third-order valence-corrected chi connectivity index (χ3v) is 15.2. The van der Waals surface area contributed by atoms with Gasteiger partial charge in [0.2, 0.25) is 11.6 Å². The number of alkyl halides is 4. The van der Waals surface area contributed by atoms with E-state index in [0.717, 1.165) is 67.1 Å². The SMILES string of the molecule is CC(=O)O/N=C(/C(=O)C1=CC2C(C=C1)c1ccc(-c3ccc(/C(=N\OC(C)=O)C(=O)c4ccc5c(c4)C(CCCl)(CCCl)c4ccccc4-5)c(C)c3)cc1C2(CCBr)CCI)c1ccccc1C. The molecule has 0 saturated carbocycles. The first-order chi connectivity index (χ1) is 32.8. The summed E-state index contributed by atoms with van der Waals surface area (Å²) < 4.78 is 0.894. The number of benzene rings is 5. The Kier molecular flexibility index (Phi) is 15.2. The first-order valence-corrected chi connectivity index (χ1v) is 26.3. The lowest BCUT2D eigenvalue weighted by molar-refractivity contribution is -0.141. The first kappa shape index (κ1) is 49.4. The normalized spacial score (nSPS) is 18.8. The molecule has 3 unspecified atom stereocenters. The Bertz CT molecular complexity index is 2960. The fourth-order valence-electron chi connectivity index (χ4n) is 10.8. The molecule has 0 aliphatic heterocycles. The van der Waals surface area contributed by atoms with Crippen LogP contribution in [0.1, 0.15) is 100 Å². The number of allylic oxidation sites excluding steroid dienone is 4. The molecule has 12 heteroatoms. The van der Waals surface area contributed by atoms with Crippen molar-refractivity contribution in [3.05, 3.63) is 177 Å². The Balaban J connectivity index is 1.15. The van der Waals surface area contributed by atoms with Crippen LogP contribution < -0.4 is 0 Å². The standard InChI is InChI=1S/C56H50BrCl2IN2O6/c1-33-9-5-6-10-41(33)51(61-67-35(3)63)53(65)39-16-20-46-45-18-14-38(30-48(45)55(21-25-57,24-28-60)49(46)31-39)37-13-17-42(34(2)29-37)52(62-68-36(4)64)54(66)40-15-19-44-43-11-7-8-12-47(43)56(22-26-58,23-27-59)50(44)32-40/h5-20,29-32,46,49H,21-28H2,1-4H3/b61-51+,62-52+. The molecular weight excluding hydrogens is 1070 g/mol. The molecule has 0 spiro atoms. The fraction of sp³-hybridized carbons (Fsp3) is 0.286. The molecule has 5 aromatic rings. The van der Waals surface area contributed by atoms with Crippen LogP contribution in [0.5, 0.6) is 0 Å². The molecule has 0 bridgehead atoms. The second-order valence-corrected chi connectivity index (χ2v) is 20.3. The minimum atomic E-state index is -0.641. The summed E-state index contributed by atoms with van der Waals surface area (Å²) in [6.45, 7) is 6.34. The van der Waals surface area contributed by atoms with Crippen molar-refractivity contribution in [2.24, 2.45) is 16.2 Å². The van der Waals surface area contributed by atoms with E-state index >= 15 is 0 Å². The minimum absolute atomic E-state index is 0.0174. The highest BCUT2D eigenvalue weighted by Crippen LogP contribution is 2.58. The fourth-order valence-corrected chi connectivity index (χ4v) is 13.1. The Morgan fingerprint density at radius 3 is 1.97 bits per heavy atom. The molecule has 0 amide bonds. The van der Waals surface area contributed by atoms with E-state index in [1.54, 1.807) is 0 Å². The summed E-state index contributed by atoms with van der Waals surface area (Å²) in [6.07, 6.45) is 9.13. The molecule has 0 radical (unpaired) electrons. The Morgan fingerprint density at radius 2 is 1.31 bits per heavy atom. The van der Waals surface area contributed by atoms with Crippen LogP contribution in [0.3, 0.4) is 0 Å². The Hall–Kier alpha value is -5.01. The summed E-state index contributed by atoms with van der Waals surface area (Å²) >= 11 is 19.2. The molecule has 8 rings (SSSR count). The lowest BCUT2D eigenvalue weighted by atomic mass is 9.67. The second-order valence-electron chi connectivity index (χ2n) is 17.7. The van der Waals surface area contributed by atoms with Gasteiger partial charge in [0.1, 0.15) is 0 Å². The van der Waals surface area contributed by atoms with Gasteiger partial charge in [-0.3, -0.25) is 9.59 Å². The van der Waals surface area contributed by atoms with Crippen LogP contribution >= 0.6 is 61.7 Å². The molecule has 0 heterocycles. The topological polar surface area (TPSA) is 111 Å². The average Bonchev–Trinajstić information content (AvgIpc) is 3.75. The van der Waals surface area contributed by atoms with Gasteiger partial charge in [-0.05, 0) is 107 Å². The smallest absolute Gasteiger partial charge is 0.318 e. The predicted octanol–water partition coefficient (Wildman–Crippen LogP) is 13.2. The zero-order chi connectivity index (χ0) is 48.3. The molecule has 68 heavy (non-hydrogen) atoms. The van der Waals surface area contributed by atoms with E-state index < -0.39 is 17.4 Å². The maximum atomic E-state index is 14.7. The van der Waals surface area contributed by atoms with Gasteiger partial charge in [0.25, 0.3) is 0 Å². The number of fused-ring (bicyclic) bond motifs is 6. The van der Waals surface area contributed by atoms with Crippen molar-refractivity contribution < 1.29 is 28.9 Å². The number of Topliss-reactive ketones (excluding diaryl/α,β-unsaturated/α-hetero) is 2. The number of carbonyl (C=O) groups excluding carboxylic acids is 4. The van der Waals surface area contributed by atoms with Gasteiger partial charge in [0.05, 0.1) is 0 Å². The number of rotatable bonds is 17. The Labute approximate surface area is 429 Å². The number of hydrogen-bond donors (Lipinski definition) is 0. The summed E-state index contributed by atoms with van der Waals surface area (Å²) in [4.78, 5) is 63.5. The highest BCUT2D eigenvalue weighted by Gasteiger charge is 2.51. The number of aryl methyl sites for hydroxylation is 2. The number of halogens is 4. The van der Waals surface area contributed by atoms with Gasteiger partial charge in [-0.15, -0.1) is 23.2 Å². The van der Waals surface area contributed by atoms with Crippen molar-refractivity contribution in [2.75, 3.05) is 21.5 Å². The quantitative estimate of drug-likeness (QED) is 0.0229. The third-order valence-electron chi connectivity index (χ3n) is 13.9. The summed E-state index contributed by atoms with van der Waals surface area (Å²) in [7, 11) is 0. The van der Waals surface area contributed by atoms with Crippen LogP contribution in [0.25, 0.3) is 22.3 Å². The summed E-state index contributed by atoms with van der Waals surface area (Å²) in [6, 6.07) is 33.9. The average molecular weight is 1120 g/mol. The van der Waals surface area contributed by atoms with Crippen molar-refractivity contribution in [1.29, 1.82) is 0 Å². The van der Waals surface area contributed by atoms with Crippen molar-refractivity contribution in [2.45, 2.75) is 70.1 Å². The number of hydrogen-bond acceptors (Lipinski definition) is 8. The van der Waals surface area contributed by atoms with Gasteiger partial charge < -0.3 is 9.68 Å². The van der Waals surface area contributed by atoms with Crippen LogP contribution in [-0.4, -0.2) is 56.4 Å². The Morgan fingerprint density at radius 1 is 0.676 bits per heavy atom. The molecular formula is C56H50BrCl2IN2O6. The molecule has 5 aromatic carbocycles. The van der Waals surface area contributed by atoms with Gasteiger partial charge in [-0.25, -0.2) is 9.59 Å². The van der Waals surface area contributed by atoms with E-state index in [1.165, 1.54) is 25.0 Å². The maximum absolute atomic E-state index is 14.7. The highest BCUT2D eigenvalue weighted by atomic mass is 127. The van der Waals surface area contributed by atoms with Gasteiger partial charge in [0.15, 0.2) is 11.4 Å². The minimum Gasteiger partial charge on any atom is -0.318 e. The largest absolute Gasteiger partial charge is 0.332 e. The molecule has 3 aliphatic carbocycles. The second kappa shape index (κ2) is 20.9. The third kappa shape index (κ3) is 9.14. The zero-order valence-electron chi connectivity index (χ0n) is 38.2. The van der Waals surface area contributed by atoms with Gasteiger partial charge in [-0.1, -0.05) is 164 Å². The van der Waals surface area contributed by atoms with E-state index in [-0.39, 0.29) is 40.2 Å². The van der Waals surface area contributed by atoms with Crippen LogP contribution in [-0.2, 0) is 34.9 Å². The molecule has 348 valence electrons. The summed E-state index contributed by atoms with van der Waals surface area (Å²) in [5, 5.41) is 9.04. The summed E-state index contributed by atoms with van der Waals surface area (Å²) in [5.41, 5.74) is 11.7. The highest BCUT2D eigenvalue weighted by molar-refractivity contribution is 14.1. The van der Waals surface area contributed by atoms with Gasteiger partial charge >= 0.3 is 11.9 Å². The molecule has 0 aromatic heterocycles. The lowest BCUT2D eigenvalue weighted by Crippen LogP contribution is -2.34. The van der Waals surface area contributed by atoms with Crippen molar-refractivity contribution in [3.63, 3.8) is 0 Å². The lowest BCUT2D eigenvalue weighted by Gasteiger charge is -2.37. The summed E-state index contributed by atoms with van der Waals surface area (Å²) in [5.74, 6) is -1.12. The van der Waals surface area contributed by atoms with Gasteiger partial charge in [-0.2, -0.15) is 0 Å². The maximum Gasteiger partial charge on any atom is 0.332 e. The molecule has 8 nitrogen and oxygen atoms in total.